The standard InChI is InChI=1S/C18H16INO5/c1-10(2)24-16-12(19)7-11(9-15(16)22-3)8-13-18(21)25-17(20-13)14-5-4-6-23-14/h4-10H,1-3H3/b13-8-. The third kappa shape index (κ3) is 3.87. The monoisotopic (exact) mass is 453 g/mol. The number of hydrogen-bond donors (Lipinski definition) is 0. The summed E-state index contributed by atoms with van der Waals surface area (Å²) in [7, 11) is 1.58. The minimum atomic E-state index is -0.525. The predicted molar refractivity (Wildman–Crippen MR) is 101 cm³/mol. The number of furan rings is 1. The highest BCUT2D eigenvalue weighted by atomic mass is 127. The smallest absolute Gasteiger partial charge is 0.363 e. The molecule has 0 fully saturated rings. The van der Waals surface area contributed by atoms with Gasteiger partial charge in [-0.15, -0.1) is 0 Å². The Balaban J connectivity index is 1.95. The molecule has 3 rings (SSSR count). The topological polar surface area (TPSA) is 70.3 Å². The van der Waals surface area contributed by atoms with Crippen LogP contribution in [0.5, 0.6) is 11.5 Å². The molecule has 0 bridgehead atoms. The molecule has 1 aliphatic rings. The van der Waals surface area contributed by atoms with Crippen molar-refractivity contribution >= 4 is 40.5 Å². The Morgan fingerprint density at radius 1 is 1.32 bits per heavy atom. The van der Waals surface area contributed by atoms with Crippen molar-refractivity contribution in [1.82, 2.24) is 0 Å². The molecule has 0 saturated carbocycles. The van der Waals surface area contributed by atoms with Crippen molar-refractivity contribution in [1.29, 1.82) is 0 Å². The highest BCUT2D eigenvalue weighted by Gasteiger charge is 2.26. The normalized spacial score (nSPS) is 15.5. The van der Waals surface area contributed by atoms with E-state index in [-0.39, 0.29) is 17.7 Å². The number of nitrogens with zero attached hydrogens (tertiary/aromatic N) is 1. The summed E-state index contributed by atoms with van der Waals surface area (Å²) in [5, 5.41) is 0. The van der Waals surface area contributed by atoms with Crippen LogP contribution in [0.15, 0.2) is 45.6 Å². The van der Waals surface area contributed by atoms with Gasteiger partial charge in [-0.2, -0.15) is 0 Å². The molecule has 0 atom stereocenters. The zero-order chi connectivity index (χ0) is 18.0. The first kappa shape index (κ1) is 17.5. The van der Waals surface area contributed by atoms with Gasteiger partial charge in [0.1, 0.15) is 0 Å². The molecule has 130 valence electrons. The summed E-state index contributed by atoms with van der Waals surface area (Å²) in [6.07, 6.45) is 3.16. The Morgan fingerprint density at radius 3 is 2.76 bits per heavy atom. The number of hydrogen-bond acceptors (Lipinski definition) is 6. The number of benzene rings is 1. The Bertz CT molecular complexity index is 853. The molecule has 0 unspecified atom stereocenters. The summed E-state index contributed by atoms with van der Waals surface area (Å²) in [5.41, 5.74) is 0.954. The molecule has 0 aliphatic carbocycles. The fraction of sp³-hybridized carbons (Fsp3) is 0.222. The maximum atomic E-state index is 12.0. The molecule has 25 heavy (non-hydrogen) atoms. The van der Waals surface area contributed by atoms with Crippen LogP contribution in [0, 0.1) is 3.57 Å². The molecule has 1 aromatic carbocycles. The van der Waals surface area contributed by atoms with Crippen LogP contribution in [0.4, 0.5) is 0 Å². The van der Waals surface area contributed by atoms with E-state index in [4.69, 9.17) is 18.6 Å². The maximum Gasteiger partial charge on any atom is 0.363 e. The van der Waals surface area contributed by atoms with E-state index in [9.17, 15) is 4.79 Å². The molecule has 0 saturated heterocycles. The van der Waals surface area contributed by atoms with Gasteiger partial charge >= 0.3 is 5.97 Å². The molecule has 2 aromatic rings. The predicted octanol–water partition coefficient (Wildman–Crippen LogP) is 4.02. The van der Waals surface area contributed by atoms with E-state index in [1.165, 1.54) is 6.26 Å². The molecule has 6 nitrogen and oxygen atoms in total. The second-order valence-electron chi connectivity index (χ2n) is 5.51. The number of aliphatic imine (C=N–C) groups is 1. The number of halogens is 1. The molecule has 0 radical (unpaired) electrons. The zero-order valence-corrected chi connectivity index (χ0v) is 16.1. The number of ether oxygens (including phenoxy) is 3. The summed E-state index contributed by atoms with van der Waals surface area (Å²) in [4.78, 5) is 16.2. The van der Waals surface area contributed by atoms with E-state index in [0.29, 0.717) is 17.3 Å². The zero-order valence-electron chi connectivity index (χ0n) is 13.9. The van der Waals surface area contributed by atoms with E-state index in [1.54, 1.807) is 31.4 Å². The largest absolute Gasteiger partial charge is 0.493 e. The number of esters is 1. The third-order valence-corrected chi connectivity index (χ3v) is 4.06. The SMILES string of the molecule is COc1cc(/C=C2\N=C(c3ccco3)OC2=O)cc(I)c1OC(C)C. The summed E-state index contributed by atoms with van der Waals surface area (Å²) < 4.78 is 22.4. The van der Waals surface area contributed by atoms with Gasteiger partial charge in [-0.3, -0.25) is 0 Å². The van der Waals surface area contributed by atoms with Gasteiger partial charge in [-0.05, 0) is 72.3 Å². The third-order valence-electron chi connectivity index (χ3n) is 3.26. The van der Waals surface area contributed by atoms with E-state index in [0.717, 1.165) is 9.13 Å². The number of carbonyl (C=O) groups excluding carboxylic acids is 1. The number of cyclic esters (lactones) is 1. The highest BCUT2D eigenvalue weighted by molar-refractivity contribution is 14.1. The van der Waals surface area contributed by atoms with Crippen LogP contribution in [0.25, 0.3) is 6.08 Å². The van der Waals surface area contributed by atoms with Crippen LogP contribution >= 0.6 is 22.6 Å². The lowest BCUT2D eigenvalue weighted by molar-refractivity contribution is -0.130. The van der Waals surface area contributed by atoms with Gasteiger partial charge < -0.3 is 18.6 Å². The van der Waals surface area contributed by atoms with Crippen LogP contribution in [-0.4, -0.2) is 25.1 Å². The quantitative estimate of drug-likeness (QED) is 0.389. The Kier molecular flexibility index (Phi) is 5.12. The van der Waals surface area contributed by atoms with E-state index >= 15 is 0 Å². The fourth-order valence-corrected chi connectivity index (χ4v) is 3.00. The minimum Gasteiger partial charge on any atom is -0.493 e. The van der Waals surface area contributed by atoms with E-state index < -0.39 is 5.97 Å². The summed E-state index contributed by atoms with van der Waals surface area (Å²) in [6, 6.07) is 7.06. The first-order chi connectivity index (χ1) is 12.0. The number of carbonyl (C=O) groups is 1. The van der Waals surface area contributed by atoms with Crippen molar-refractivity contribution in [2.75, 3.05) is 7.11 Å². The Hall–Kier alpha value is -2.29. The van der Waals surface area contributed by atoms with E-state index in [1.807, 2.05) is 19.9 Å². The van der Waals surface area contributed by atoms with Crippen molar-refractivity contribution in [3.05, 3.63) is 51.1 Å². The molecular weight excluding hydrogens is 437 g/mol. The lowest BCUT2D eigenvalue weighted by Gasteiger charge is -2.15. The minimum absolute atomic E-state index is 0.0249. The molecule has 7 heteroatoms. The molecule has 0 N–H and O–H groups in total. The Labute approximate surface area is 158 Å². The van der Waals surface area contributed by atoms with Gasteiger partial charge in [0.15, 0.2) is 23.0 Å². The van der Waals surface area contributed by atoms with Crippen molar-refractivity contribution < 1.29 is 23.4 Å². The molecule has 2 heterocycles. The molecule has 0 spiro atoms. The average Bonchev–Trinajstić information content (AvgIpc) is 3.20. The van der Waals surface area contributed by atoms with Gasteiger partial charge in [0, 0.05) is 0 Å². The summed E-state index contributed by atoms with van der Waals surface area (Å²) in [5.74, 6) is 1.30. The van der Waals surface area contributed by atoms with E-state index in [2.05, 4.69) is 27.6 Å². The van der Waals surface area contributed by atoms with Gasteiger partial charge in [0.05, 0.1) is 23.0 Å². The van der Waals surface area contributed by atoms with Gasteiger partial charge in [-0.1, -0.05) is 0 Å². The average molecular weight is 453 g/mol. The lowest BCUT2D eigenvalue weighted by atomic mass is 10.1. The molecule has 1 aliphatic heterocycles. The van der Waals surface area contributed by atoms with Gasteiger partial charge in [0.25, 0.3) is 5.90 Å². The van der Waals surface area contributed by atoms with Gasteiger partial charge in [-0.25, -0.2) is 9.79 Å². The van der Waals surface area contributed by atoms with Crippen LogP contribution in [0.1, 0.15) is 25.2 Å². The van der Waals surface area contributed by atoms with Gasteiger partial charge in [0.2, 0.25) is 0 Å². The first-order valence-corrected chi connectivity index (χ1v) is 8.66. The number of methoxy groups -OCH3 is 1. The molecule has 0 amide bonds. The first-order valence-electron chi connectivity index (χ1n) is 7.58. The molecular formula is C18H16INO5. The van der Waals surface area contributed by atoms with Crippen molar-refractivity contribution in [2.24, 2.45) is 4.99 Å². The van der Waals surface area contributed by atoms with Crippen molar-refractivity contribution in [2.45, 2.75) is 20.0 Å². The van der Waals surface area contributed by atoms with Crippen molar-refractivity contribution in [3.63, 3.8) is 0 Å². The van der Waals surface area contributed by atoms with Crippen LogP contribution in [0.2, 0.25) is 0 Å². The summed E-state index contributed by atoms with van der Waals surface area (Å²) in [6.45, 7) is 3.90. The number of rotatable bonds is 5. The van der Waals surface area contributed by atoms with Crippen LogP contribution in [0.3, 0.4) is 0 Å². The second-order valence-corrected chi connectivity index (χ2v) is 6.68. The lowest BCUT2D eigenvalue weighted by Crippen LogP contribution is -2.08. The molecule has 1 aromatic heterocycles. The Morgan fingerprint density at radius 2 is 2.12 bits per heavy atom. The maximum absolute atomic E-state index is 12.0. The fourth-order valence-electron chi connectivity index (χ4n) is 2.25. The van der Waals surface area contributed by atoms with Crippen molar-refractivity contribution in [3.8, 4) is 11.5 Å². The second kappa shape index (κ2) is 7.30. The highest BCUT2D eigenvalue weighted by Crippen LogP contribution is 2.35. The summed E-state index contributed by atoms with van der Waals surface area (Å²) >= 11 is 2.17. The van der Waals surface area contributed by atoms with Crippen LogP contribution < -0.4 is 9.47 Å². The van der Waals surface area contributed by atoms with Crippen LogP contribution in [-0.2, 0) is 9.53 Å².